The molecule has 0 saturated carbocycles. The number of halogens is 1. The van der Waals surface area contributed by atoms with E-state index in [4.69, 9.17) is 4.74 Å². The summed E-state index contributed by atoms with van der Waals surface area (Å²) in [5.41, 5.74) is 2.85. The first kappa shape index (κ1) is 11.0. The van der Waals surface area contributed by atoms with Gasteiger partial charge in [-0.25, -0.2) is 0 Å². The topological polar surface area (TPSA) is 21.3 Å². The highest BCUT2D eigenvalue weighted by Gasteiger charge is 2.16. The zero-order chi connectivity index (χ0) is 10.8. The van der Waals surface area contributed by atoms with Crippen molar-refractivity contribution < 1.29 is 4.74 Å². The van der Waals surface area contributed by atoms with E-state index >= 15 is 0 Å². The van der Waals surface area contributed by atoms with Crippen LogP contribution in [0.25, 0.3) is 0 Å². The van der Waals surface area contributed by atoms with Crippen LogP contribution in [0.15, 0.2) is 16.6 Å². The summed E-state index contributed by atoms with van der Waals surface area (Å²) in [6.07, 6.45) is 1.09. The fraction of sp³-hybridized carbons (Fsp3) is 0.500. The second-order valence-corrected chi connectivity index (χ2v) is 4.90. The van der Waals surface area contributed by atoms with Crippen molar-refractivity contribution in [3.8, 4) is 5.75 Å². The third-order valence-corrected chi connectivity index (χ3v) is 3.59. The number of methoxy groups -OCH3 is 1. The molecule has 1 heterocycles. The standard InChI is InChI=1S/C12H16BrNO/c1-8-7-14-4-3-9-5-12(15-2)11(13)6-10(8)9/h5-6,8,14H,3-4,7H2,1-2H3/t8-/m1/s1. The van der Waals surface area contributed by atoms with Crippen LogP contribution in [0, 0.1) is 0 Å². The van der Waals surface area contributed by atoms with Crippen LogP contribution >= 0.6 is 15.9 Å². The van der Waals surface area contributed by atoms with Crippen LogP contribution in [0.2, 0.25) is 0 Å². The molecule has 15 heavy (non-hydrogen) atoms. The van der Waals surface area contributed by atoms with Crippen molar-refractivity contribution in [2.45, 2.75) is 19.3 Å². The monoisotopic (exact) mass is 269 g/mol. The van der Waals surface area contributed by atoms with Gasteiger partial charge in [0.05, 0.1) is 11.6 Å². The molecular weight excluding hydrogens is 254 g/mol. The summed E-state index contributed by atoms with van der Waals surface area (Å²) in [4.78, 5) is 0. The number of nitrogens with one attached hydrogen (secondary N) is 1. The molecule has 0 unspecified atom stereocenters. The average molecular weight is 270 g/mol. The molecule has 0 amide bonds. The van der Waals surface area contributed by atoms with E-state index in [0.717, 1.165) is 29.7 Å². The molecule has 0 radical (unpaired) electrons. The highest BCUT2D eigenvalue weighted by atomic mass is 79.9. The van der Waals surface area contributed by atoms with Gasteiger partial charge in [0.1, 0.15) is 5.75 Å². The van der Waals surface area contributed by atoms with Gasteiger partial charge in [-0.1, -0.05) is 6.92 Å². The largest absolute Gasteiger partial charge is 0.496 e. The van der Waals surface area contributed by atoms with Crippen molar-refractivity contribution in [3.63, 3.8) is 0 Å². The molecular formula is C12H16BrNO. The molecule has 1 aromatic rings. The Morgan fingerprint density at radius 1 is 1.47 bits per heavy atom. The number of benzene rings is 1. The van der Waals surface area contributed by atoms with E-state index < -0.39 is 0 Å². The van der Waals surface area contributed by atoms with E-state index in [0.29, 0.717) is 5.92 Å². The third-order valence-electron chi connectivity index (χ3n) is 2.97. The summed E-state index contributed by atoms with van der Waals surface area (Å²) in [6.45, 7) is 4.38. The minimum absolute atomic E-state index is 0.574. The summed E-state index contributed by atoms with van der Waals surface area (Å²) in [5, 5.41) is 3.44. The minimum Gasteiger partial charge on any atom is -0.496 e. The van der Waals surface area contributed by atoms with Crippen LogP contribution in [0.3, 0.4) is 0 Å². The van der Waals surface area contributed by atoms with Crippen molar-refractivity contribution in [2.75, 3.05) is 20.2 Å². The summed E-state index contributed by atoms with van der Waals surface area (Å²) in [7, 11) is 1.71. The summed E-state index contributed by atoms with van der Waals surface area (Å²) >= 11 is 3.54. The Labute approximate surface area is 99.1 Å². The highest BCUT2D eigenvalue weighted by Crippen LogP contribution is 2.33. The van der Waals surface area contributed by atoms with Crippen LogP contribution in [0.5, 0.6) is 5.75 Å². The first-order chi connectivity index (χ1) is 7.22. The number of hydrogen-bond donors (Lipinski definition) is 1. The van der Waals surface area contributed by atoms with Crippen LogP contribution in [-0.2, 0) is 6.42 Å². The summed E-state index contributed by atoms with van der Waals surface area (Å²) in [6, 6.07) is 4.36. The van der Waals surface area contributed by atoms with Crippen LogP contribution in [-0.4, -0.2) is 20.2 Å². The lowest BCUT2D eigenvalue weighted by atomic mass is 9.95. The van der Waals surface area contributed by atoms with Crippen molar-refractivity contribution >= 4 is 15.9 Å². The number of rotatable bonds is 1. The molecule has 2 rings (SSSR count). The minimum atomic E-state index is 0.574. The second-order valence-electron chi connectivity index (χ2n) is 4.04. The zero-order valence-electron chi connectivity index (χ0n) is 9.14. The van der Waals surface area contributed by atoms with Crippen molar-refractivity contribution in [2.24, 2.45) is 0 Å². The maximum absolute atomic E-state index is 5.32. The molecule has 0 saturated heterocycles. The molecule has 82 valence electrons. The Bertz CT molecular complexity index is 365. The van der Waals surface area contributed by atoms with Gasteiger partial charge in [0, 0.05) is 6.54 Å². The van der Waals surface area contributed by atoms with Crippen LogP contribution in [0.4, 0.5) is 0 Å². The summed E-state index contributed by atoms with van der Waals surface area (Å²) < 4.78 is 6.37. The first-order valence-electron chi connectivity index (χ1n) is 5.29. The Morgan fingerprint density at radius 3 is 3.00 bits per heavy atom. The lowest BCUT2D eigenvalue weighted by Crippen LogP contribution is -2.18. The predicted molar refractivity (Wildman–Crippen MR) is 65.7 cm³/mol. The van der Waals surface area contributed by atoms with Gasteiger partial charge in [0.2, 0.25) is 0 Å². The highest BCUT2D eigenvalue weighted by molar-refractivity contribution is 9.10. The van der Waals surface area contributed by atoms with Crippen LogP contribution in [0.1, 0.15) is 24.0 Å². The van der Waals surface area contributed by atoms with Gasteiger partial charge >= 0.3 is 0 Å². The Kier molecular flexibility index (Phi) is 3.32. The average Bonchev–Trinajstić information content (AvgIpc) is 2.40. The summed E-state index contributed by atoms with van der Waals surface area (Å²) in [5.74, 6) is 1.51. The molecule has 1 aromatic carbocycles. The van der Waals surface area contributed by atoms with Gasteiger partial charge < -0.3 is 10.1 Å². The second kappa shape index (κ2) is 4.54. The zero-order valence-corrected chi connectivity index (χ0v) is 10.7. The smallest absolute Gasteiger partial charge is 0.133 e. The van der Waals surface area contributed by atoms with Gasteiger partial charge in [-0.15, -0.1) is 0 Å². The lowest BCUT2D eigenvalue weighted by Gasteiger charge is -2.14. The van der Waals surface area contributed by atoms with E-state index in [2.05, 4.69) is 40.3 Å². The van der Waals surface area contributed by atoms with Crippen molar-refractivity contribution in [1.82, 2.24) is 5.32 Å². The van der Waals surface area contributed by atoms with Crippen LogP contribution < -0.4 is 10.1 Å². The van der Waals surface area contributed by atoms with Gasteiger partial charge in [-0.05, 0) is 58.1 Å². The van der Waals surface area contributed by atoms with Crippen molar-refractivity contribution in [3.05, 3.63) is 27.7 Å². The van der Waals surface area contributed by atoms with Gasteiger partial charge in [-0.2, -0.15) is 0 Å². The predicted octanol–water partition coefficient (Wildman–Crippen LogP) is 2.71. The molecule has 0 spiro atoms. The molecule has 1 N–H and O–H groups in total. The van der Waals surface area contributed by atoms with E-state index in [-0.39, 0.29) is 0 Å². The quantitative estimate of drug-likeness (QED) is 0.847. The normalized spacial score (nSPS) is 20.6. The van der Waals surface area contributed by atoms with E-state index in [1.165, 1.54) is 11.1 Å². The SMILES string of the molecule is COc1cc2c(cc1Br)[C@H](C)CNCC2. The van der Waals surface area contributed by atoms with E-state index in [1.54, 1.807) is 7.11 Å². The molecule has 1 aliphatic rings. The molecule has 1 atom stereocenters. The number of hydrogen-bond acceptors (Lipinski definition) is 2. The first-order valence-corrected chi connectivity index (χ1v) is 6.08. The molecule has 0 aromatic heterocycles. The van der Waals surface area contributed by atoms with Crippen molar-refractivity contribution in [1.29, 1.82) is 0 Å². The van der Waals surface area contributed by atoms with Gasteiger partial charge in [0.15, 0.2) is 0 Å². The maximum Gasteiger partial charge on any atom is 0.133 e. The molecule has 0 aliphatic carbocycles. The van der Waals surface area contributed by atoms with Gasteiger partial charge in [-0.3, -0.25) is 0 Å². The molecule has 0 fully saturated rings. The fourth-order valence-corrected chi connectivity index (χ4v) is 2.62. The Hall–Kier alpha value is -0.540. The van der Waals surface area contributed by atoms with E-state index in [1.807, 2.05) is 0 Å². The lowest BCUT2D eigenvalue weighted by molar-refractivity contribution is 0.411. The fourth-order valence-electron chi connectivity index (χ4n) is 2.09. The van der Waals surface area contributed by atoms with E-state index in [9.17, 15) is 0 Å². The molecule has 1 aliphatic heterocycles. The Morgan fingerprint density at radius 2 is 2.27 bits per heavy atom. The molecule has 0 bridgehead atoms. The maximum atomic E-state index is 5.32. The van der Waals surface area contributed by atoms with Gasteiger partial charge in [0.25, 0.3) is 0 Å². The molecule has 3 heteroatoms. The molecule has 2 nitrogen and oxygen atoms in total. The third kappa shape index (κ3) is 2.18. The Balaban J connectivity index is 2.46. The number of fused-ring (bicyclic) bond motifs is 1. The number of ether oxygens (including phenoxy) is 1.